The Morgan fingerprint density at radius 1 is 1.40 bits per heavy atom. The van der Waals surface area contributed by atoms with Gasteiger partial charge in [-0.15, -0.1) is 0 Å². The van der Waals surface area contributed by atoms with E-state index in [1.54, 1.807) is 18.5 Å². The molecule has 0 bridgehead atoms. The predicted octanol–water partition coefficient (Wildman–Crippen LogP) is 1.79. The van der Waals surface area contributed by atoms with Gasteiger partial charge in [-0.05, 0) is 28.1 Å². The Labute approximate surface area is 96.2 Å². The third-order valence-corrected chi connectivity index (χ3v) is 2.32. The summed E-state index contributed by atoms with van der Waals surface area (Å²) in [7, 11) is 0. The molecule has 74 valence electrons. The van der Waals surface area contributed by atoms with Crippen molar-refractivity contribution in [2.24, 2.45) is 4.99 Å². The molecule has 0 aliphatic carbocycles. The van der Waals surface area contributed by atoms with Gasteiger partial charge in [0.05, 0.1) is 17.8 Å². The molecule has 1 aromatic rings. The smallest absolute Gasteiger partial charge is 0.108 e. The van der Waals surface area contributed by atoms with E-state index in [1.165, 1.54) is 0 Å². The van der Waals surface area contributed by atoms with Crippen molar-refractivity contribution in [3.63, 3.8) is 0 Å². The highest BCUT2D eigenvalue weighted by Gasteiger charge is 1.98. The van der Waals surface area contributed by atoms with E-state index in [4.69, 9.17) is 5.73 Å². The monoisotopic (exact) mass is 261 g/mol. The minimum absolute atomic E-state index is 0.625. The van der Waals surface area contributed by atoms with E-state index in [2.05, 4.69) is 37.7 Å². The summed E-state index contributed by atoms with van der Waals surface area (Å²) in [5, 5.41) is 0. The molecule has 1 aliphatic heterocycles. The molecule has 0 atom stereocenters. The lowest BCUT2D eigenvalue weighted by Gasteiger charge is -1.96. The molecule has 3 nitrogen and oxygen atoms in total. The van der Waals surface area contributed by atoms with Crippen LogP contribution in [0.3, 0.4) is 0 Å². The van der Waals surface area contributed by atoms with Gasteiger partial charge >= 0.3 is 0 Å². The van der Waals surface area contributed by atoms with Gasteiger partial charge in [-0.3, -0.25) is 4.99 Å². The fraction of sp³-hybridized carbons (Fsp3) is 0.0909. The number of nitrogen functional groups attached to an aromatic ring is 1. The Bertz CT molecular complexity index is 506. The first-order valence-corrected chi connectivity index (χ1v) is 5.18. The lowest BCUT2D eigenvalue weighted by atomic mass is 10.2. The van der Waals surface area contributed by atoms with Crippen LogP contribution < -0.4 is 5.73 Å². The second-order valence-corrected chi connectivity index (χ2v) is 3.81. The van der Waals surface area contributed by atoms with Gasteiger partial charge in [0.15, 0.2) is 0 Å². The van der Waals surface area contributed by atoms with Crippen LogP contribution in [0.1, 0.15) is 5.56 Å². The van der Waals surface area contributed by atoms with Gasteiger partial charge in [-0.2, -0.15) is 0 Å². The van der Waals surface area contributed by atoms with Crippen molar-refractivity contribution < 1.29 is 0 Å². The van der Waals surface area contributed by atoms with Gasteiger partial charge in [-0.1, -0.05) is 11.8 Å². The second-order valence-electron chi connectivity index (χ2n) is 3.00. The number of pyridine rings is 1. The third-order valence-electron chi connectivity index (χ3n) is 1.89. The Morgan fingerprint density at radius 2 is 2.27 bits per heavy atom. The standard InChI is InChI=1S/C11H8BrN3/c12-11-5-10(13)9(7-15-11)2-1-8-3-4-14-6-8/h3,5-7H,4H2,(H2,13,15). The Morgan fingerprint density at radius 3 is 2.93 bits per heavy atom. The highest BCUT2D eigenvalue weighted by Crippen LogP contribution is 2.14. The summed E-state index contributed by atoms with van der Waals surface area (Å²) in [5.74, 6) is 5.95. The first kappa shape index (κ1) is 9.94. The lowest BCUT2D eigenvalue weighted by molar-refractivity contribution is 1.27. The van der Waals surface area contributed by atoms with Crippen LogP contribution >= 0.6 is 15.9 Å². The van der Waals surface area contributed by atoms with Crippen LogP contribution in [-0.4, -0.2) is 17.7 Å². The highest BCUT2D eigenvalue weighted by molar-refractivity contribution is 9.10. The number of halogens is 1. The summed E-state index contributed by atoms with van der Waals surface area (Å²) in [6.45, 7) is 0.720. The van der Waals surface area contributed by atoms with E-state index < -0.39 is 0 Å². The first-order chi connectivity index (χ1) is 7.25. The van der Waals surface area contributed by atoms with Crippen molar-refractivity contribution in [1.29, 1.82) is 0 Å². The van der Waals surface area contributed by atoms with E-state index in [0.29, 0.717) is 10.3 Å². The summed E-state index contributed by atoms with van der Waals surface area (Å²) < 4.78 is 0.715. The Kier molecular flexibility index (Phi) is 2.84. The quantitative estimate of drug-likeness (QED) is 0.572. The molecule has 0 unspecified atom stereocenters. The molecule has 2 rings (SSSR count). The maximum absolute atomic E-state index is 5.78. The molecular weight excluding hydrogens is 254 g/mol. The maximum Gasteiger partial charge on any atom is 0.108 e. The van der Waals surface area contributed by atoms with Crippen LogP contribution in [0.5, 0.6) is 0 Å². The normalized spacial score (nSPS) is 13.3. The number of nitrogens with zero attached hydrogens (tertiary/aromatic N) is 2. The molecule has 0 aromatic carbocycles. The van der Waals surface area contributed by atoms with Crippen molar-refractivity contribution in [1.82, 2.24) is 4.98 Å². The average molecular weight is 262 g/mol. The van der Waals surface area contributed by atoms with E-state index >= 15 is 0 Å². The molecule has 0 amide bonds. The summed E-state index contributed by atoms with van der Waals surface area (Å²) in [6.07, 6.45) is 5.38. The Hall–Kier alpha value is -1.60. The third kappa shape index (κ3) is 2.45. The van der Waals surface area contributed by atoms with Crippen molar-refractivity contribution >= 4 is 27.8 Å². The fourth-order valence-electron chi connectivity index (χ4n) is 1.13. The molecule has 2 heterocycles. The summed E-state index contributed by atoms with van der Waals surface area (Å²) in [6, 6.07) is 1.74. The van der Waals surface area contributed by atoms with Crippen molar-refractivity contribution in [2.75, 3.05) is 12.3 Å². The molecule has 0 saturated heterocycles. The molecule has 0 radical (unpaired) electrons. The zero-order valence-corrected chi connectivity index (χ0v) is 9.45. The number of anilines is 1. The van der Waals surface area contributed by atoms with Gasteiger partial charge in [0.1, 0.15) is 4.60 Å². The number of nitrogens with two attached hydrogens (primary N) is 1. The molecule has 0 spiro atoms. The highest BCUT2D eigenvalue weighted by atomic mass is 79.9. The van der Waals surface area contributed by atoms with Crippen molar-refractivity contribution in [3.05, 3.63) is 34.1 Å². The number of allylic oxidation sites excluding steroid dienone is 1. The summed E-state index contributed by atoms with van der Waals surface area (Å²) >= 11 is 3.24. The van der Waals surface area contributed by atoms with Gasteiger partial charge in [-0.25, -0.2) is 4.98 Å². The number of rotatable bonds is 0. The fourth-order valence-corrected chi connectivity index (χ4v) is 1.48. The second kappa shape index (κ2) is 4.28. The molecular formula is C11H8BrN3. The van der Waals surface area contributed by atoms with E-state index in [1.807, 2.05) is 6.08 Å². The van der Waals surface area contributed by atoms with Crippen LogP contribution in [0.4, 0.5) is 5.69 Å². The summed E-state index contributed by atoms with van der Waals surface area (Å²) in [4.78, 5) is 8.11. The topological polar surface area (TPSA) is 51.3 Å². The van der Waals surface area contributed by atoms with Crippen molar-refractivity contribution in [3.8, 4) is 11.8 Å². The number of aromatic nitrogens is 1. The number of hydrogen-bond acceptors (Lipinski definition) is 3. The van der Waals surface area contributed by atoms with Crippen LogP contribution in [0.15, 0.2) is 33.5 Å². The van der Waals surface area contributed by atoms with Crippen LogP contribution in [0.25, 0.3) is 0 Å². The number of aliphatic imine (C=N–C) groups is 1. The zero-order valence-electron chi connectivity index (χ0n) is 7.87. The van der Waals surface area contributed by atoms with Gasteiger partial charge in [0.2, 0.25) is 0 Å². The van der Waals surface area contributed by atoms with Crippen LogP contribution in [-0.2, 0) is 0 Å². The first-order valence-electron chi connectivity index (χ1n) is 4.39. The largest absolute Gasteiger partial charge is 0.398 e. The van der Waals surface area contributed by atoms with E-state index in [0.717, 1.165) is 17.7 Å². The summed E-state index contributed by atoms with van der Waals surface area (Å²) in [5.41, 5.74) is 8.07. The van der Waals surface area contributed by atoms with E-state index in [9.17, 15) is 0 Å². The van der Waals surface area contributed by atoms with Gasteiger partial charge < -0.3 is 5.73 Å². The number of hydrogen-bond donors (Lipinski definition) is 1. The van der Waals surface area contributed by atoms with Gasteiger partial charge in [0, 0.05) is 18.0 Å². The molecule has 2 N–H and O–H groups in total. The van der Waals surface area contributed by atoms with Crippen LogP contribution in [0, 0.1) is 11.8 Å². The molecule has 1 aliphatic rings. The molecule has 1 aromatic heterocycles. The average Bonchev–Trinajstić information content (AvgIpc) is 2.69. The minimum atomic E-state index is 0.625. The molecule has 0 fully saturated rings. The Balaban J connectivity index is 2.27. The maximum atomic E-state index is 5.78. The zero-order chi connectivity index (χ0) is 10.7. The predicted molar refractivity (Wildman–Crippen MR) is 64.7 cm³/mol. The molecule has 0 saturated carbocycles. The lowest BCUT2D eigenvalue weighted by Crippen LogP contribution is -1.91. The van der Waals surface area contributed by atoms with Gasteiger partial charge in [0.25, 0.3) is 0 Å². The molecule has 4 heteroatoms. The van der Waals surface area contributed by atoms with Crippen LogP contribution in [0.2, 0.25) is 0 Å². The molecule has 15 heavy (non-hydrogen) atoms. The minimum Gasteiger partial charge on any atom is -0.398 e. The van der Waals surface area contributed by atoms with Crippen molar-refractivity contribution in [2.45, 2.75) is 0 Å². The SMILES string of the molecule is Nc1cc(Br)ncc1C#CC1=CCN=C1. The van der Waals surface area contributed by atoms with E-state index in [-0.39, 0.29) is 0 Å².